The summed E-state index contributed by atoms with van der Waals surface area (Å²) < 4.78 is 35.8. The number of nitrogens with two attached hydrogens (primary N) is 1. The third-order valence-corrected chi connectivity index (χ3v) is 4.39. The first kappa shape index (κ1) is 15.3. The van der Waals surface area contributed by atoms with Crippen molar-refractivity contribution in [2.45, 2.75) is 4.90 Å². The van der Waals surface area contributed by atoms with Crippen LogP contribution in [-0.2, 0) is 10.0 Å². The molecule has 0 aliphatic rings. The normalized spacial score (nSPS) is 11.6. The van der Waals surface area contributed by atoms with Crippen LogP contribution in [0.15, 0.2) is 47.6 Å². The third kappa shape index (κ3) is 2.73. The van der Waals surface area contributed by atoms with Crippen molar-refractivity contribution >= 4 is 21.1 Å². The van der Waals surface area contributed by atoms with Crippen molar-refractivity contribution in [3.8, 4) is 17.2 Å². The van der Waals surface area contributed by atoms with Gasteiger partial charge < -0.3 is 9.47 Å². The Bertz CT molecular complexity index is 957. The number of hydrogen-bond donors (Lipinski definition) is 1. The van der Waals surface area contributed by atoms with Crippen molar-refractivity contribution in [3.63, 3.8) is 0 Å². The Morgan fingerprint density at radius 1 is 1.13 bits per heavy atom. The second-order valence-electron chi connectivity index (χ2n) is 4.85. The number of pyridine rings is 1. The van der Waals surface area contributed by atoms with Crippen LogP contribution >= 0.6 is 0 Å². The van der Waals surface area contributed by atoms with Crippen LogP contribution in [0.4, 0.5) is 0 Å². The van der Waals surface area contributed by atoms with Crippen LogP contribution in [0.1, 0.15) is 0 Å². The van der Waals surface area contributed by atoms with Crippen LogP contribution in [0.2, 0.25) is 0 Å². The van der Waals surface area contributed by atoms with Crippen LogP contribution < -0.4 is 14.6 Å². The summed E-state index contributed by atoms with van der Waals surface area (Å²) >= 11 is 0. The molecule has 0 radical (unpaired) electrons. The first-order valence-electron chi connectivity index (χ1n) is 6.66. The quantitative estimate of drug-likeness (QED) is 0.784. The molecule has 8 heteroatoms. The average molecular weight is 333 g/mol. The van der Waals surface area contributed by atoms with Crippen molar-refractivity contribution in [3.05, 3.63) is 42.7 Å². The van der Waals surface area contributed by atoms with Gasteiger partial charge in [-0.1, -0.05) is 0 Å². The molecule has 0 atom stereocenters. The van der Waals surface area contributed by atoms with E-state index in [-0.39, 0.29) is 4.90 Å². The molecule has 7 nitrogen and oxygen atoms in total. The molecule has 0 aliphatic heterocycles. The van der Waals surface area contributed by atoms with Crippen LogP contribution in [0.3, 0.4) is 0 Å². The lowest BCUT2D eigenvalue weighted by Gasteiger charge is -2.10. The van der Waals surface area contributed by atoms with E-state index in [4.69, 9.17) is 14.6 Å². The number of sulfonamides is 1. The summed E-state index contributed by atoms with van der Waals surface area (Å²) in [5.41, 5.74) is 1.13. The fourth-order valence-corrected chi connectivity index (χ4v) is 3.10. The van der Waals surface area contributed by atoms with E-state index >= 15 is 0 Å². The summed E-state index contributed by atoms with van der Waals surface area (Å²) in [5.74, 6) is 1.16. The molecular weight excluding hydrogens is 318 g/mol. The van der Waals surface area contributed by atoms with Crippen molar-refractivity contribution in [1.82, 2.24) is 9.55 Å². The smallest absolute Gasteiger partial charge is 0.240 e. The van der Waals surface area contributed by atoms with Crippen molar-refractivity contribution in [2.75, 3.05) is 14.2 Å². The fraction of sp³-hybridized carbons (Fsp3) is 0.133. The van der Waals surface area contributed by atoms with E-state index in [1.807, 2.05) is 0 Å². The van der Waals surface area contributed by atoms with E-state index in [1.165, 1.54) is 6.20 Å². The molecule has 0 saturated heterocycles. The maximum absolute atomic E-state index is 11.8. The molecule has 2 N–H and O–H groups in total. The van der Waals surface area contributed by atoms with Gasteiger partial charge in [0.15, 0.2) is 0 Å². The van der Waals surface area contributed by atoms with Crippen LogP contribution in [-0.4, -0.2) is 32.2 Å². The van der Waals surface area contributed by atoms with Gasteiger partial charge in [-0.05, 0) is 12.1 Å². The second-order valence-corrected chi connectivity index (χ2v) is 6.38. The number of methoxy groups -OCH3 is 2. The zero-order valence-corrected chi connectivity index (χ0v) is 13.4. The van der Waals surface area contributed by atoms with Gasteiger partial charge >= 0.3 is 0 Å². The molecule has 0 amide bonds. The molecule has 0 fully saturated rings. The Labute approximate surface area is 133 Å². The first-order chi connectivity index (χ1) is 10.9. The molecule has 0 spiro atoms. The van der Waals surface area contributed by atoms with Crippen LogP contribution in [0, 0.1) is 0 Å². The number of aromatic nitrogens is 2. The molecule has 0 saturated carbocycles. The number of ether oxygens (including phenoxy) is 2. The van der Waals surface area contributed by atoms with Gasteiger partial charge in [-0.15, -0.1) is 0 Å². The molecule has 3 rings (SSSR count). The minimum Gasteiger partial charge on any atom is -0.497 e. The third-order valence-electron chi connectivity index (χ3n) is 3.45. The predicted octanol–water partition coefficient (Wildman–Crippen LogP) is 1.69. The summed E-state index contributed by atoms with van der Waals surface area (Å²) in [6, 6.07) is 8.56. The molecule has 23 heavy (non-hydrogen) atoms. The highest BCUT2D eigenvalue weighted by Gasteiger charge is 2.19. The zero-order valence-electron chi connectivity index (χ0n) is 12.6. The highest BCUT2D eigenvalue weighted by Crippen LogP contribution is 2.30. The van der Waals surface area contributed by atoms with Crippen molar-refractivity contribution in [1.29, 1.82) is 0 Å². The summed E-state index contributed by atoms with van der Waals surface area (Å²) in [4.78, 5) is 4.28. The lowest BCUT2D eigenvalue weighted by atomic mass is 10.2. The average Bonchev–Trinajstić information content (AvgIpc) is 2.94. The largest absolute Gasteiger partial charge is 0.497 e. The van der Waals surface area contributed by atoms with E-state index in [9.17, 15) is 8.42 Å². The molecule has 120 valence electrons. The van der Waals surface area contributed by atoms with Gasteiger partial charge in [0.1, 0.15) is 22.0 Å². The van der Waals surface area contributed by atoms with Crippen LogP contribution in [0.5, 0.6) is 11.5 Å². The summed E-state index contributed by atoms with van der Waals surface area (Å²) in [5, 5.41) is 5.76. The molecular formula is C15H15N3O4S. The minimum absolute atomic E-state index is 0.0161. The lowest BCUT2D eigenvalue weighted by molar-refractivity contribution is 0.394. The Balaban J connectivity index is 2.33. The Hall–Kier alpha value is -2.58. The Morgan fingerprint density at radius 3 is 2.35 bits per heavy atom. The number of rotatable bonds is 4. The van der Waals surface area contributed by atoms with Gasteiger partial charge in [-0.2, -0.15) is 0 Å². The van der Waals surface area contributed by atoms with E-state index in [0.29, 0.717) is 28.2 Å². The molecule has 0 aliphatic carbocycles. The zero-order chi connectivity index (χ0) is 16.6. The fourth-order valence-electron chi connectivity index (χ4n) is 2.38. The van der Waals surface area contributed by atoms with Crippen molar-refractivity contribution < 1.29 is 17.9 Å². The van der Waals surface area contributed by atoms with E-state index in [0.717, 1.165) is 0 Å². The molecule has 0 bridgehead atoms. The summed E-state index contributed by atoms with van der Waals surface area (Å²) in [7, 11) is -0.787. The molecule has 2 heterocycles. The number of fused-ring (bicyclic) bond motifs is 1. The van der Waals surface area contributed by atoms with Gasteiger partial charge in [-0.25, -0.2) is 18.5 Å². The molecule has 1 aromatic carbocycles. The van der Waals surface area contributed by atoms with Crippen LogP contribution in [0.25, 0.3) is 16.7 Å². The van der Waals surface area contributed by atoms with E-state index < -0.39 is 10.0 Å². The Kier molecular flexibility index (Phi) is 3.70. The highest BCUT2D eigenvalue weighted by atomic mass is 32.2. The number of nitrogens with zero attached hydrogens (tertiary/aromatic N) is 2. The van der Waals surface area contributed by atoms with Gasteiger partial charge in [0, 0.05) is 36.0 Å². The van der Waals surface area contributed by atoms with Gasteiger partial charge in [0.25, 0.3) is 0 Å². The van der Waals surface area contributed by atoms with Gasteiger partial charge in [-0.3, -0.25) is 4.57 Å². The molecule has 2 aromatic heterocycles. The summed E-state index contributed by atoms with van der Waals surface area (Å²) in [6.45, 7) is 0. The van der Waals surface area contributed by atoms with E-state index in [1.54, 1.807) is 55.3 Å². The maximum atomic E-state index is 11.8. The van der Waals surface area contributed by atoms with Gasteiger partial charge in [0.05, 0.1) is 19.9 Å². The lowest BCUT2D eigenvalue weighted by Crippen LogP contribution is -2.11. The second kappa shape index (κ2) is 5.56. The maximum Gasteiger partial charge on any atom is 0.240 e. The number of primary sulfonamides is 1. The summed E-state index contributed by atoms with van der Waals surface area (Å²) in [6.07, 6.45) is 3.03. The minimum atomic E-state index is -3.87. The number of hydrogen-bond acceptors (Lipinski definition) is 5. The predicted molar refractivity (Wildman–Crippen MR) is 85.5 cm³/mol. The Morgan fingerprint density at radius 2 is 1.78 bits per heavy atom. The number of benzene rings is 1. The SMILES string of the molecule is COc1cc(OC)cc(-n2cc(S(N)(=O)=O)c3cccnc32)c1. The standard InChI is InChI=1S/C15H15N3O4S/c1-21-11-6-10(7-12(8-11)22-2)18-9-14(23(16,19)20)13-4-3-5-17-15(13)18/h3-9H,1-2H3,(H2,16,19,20). The van der Waals surface area contributed by atoms with E-state index in [2.05, 4.69) is 4.98 Å². The molecule has 0 unspecified atom stereocenters. The topological polar surface area (TPSA) is 96.4 Å². The van der Waals surface area contributed by atoms with Crippen molar-refractivity contribution in [2.24, 2.45) is 5.14 Å². The highest BCUT2D eigenvalue weighted by molar-refractivity contribution is 7.89. The monoisotopic (exact) mass is 333 g/mol. The van der Waals surface area contributed by atoms with Gasteiger partial charge in [0.2, 0.25) is 10.0 Å². The molecule has 3 aromatic rings. The first-order valence-corrected chi connectivity index (χ1v) is 8.21.